The molecule has 1 aromatic rings. The van der Waals surface area contributed by atoms with Crippen LogP contribution in [0, 0.1) is 0 Å². The van der Waals surface area contributed by atoms with Crippen molar-refractivity contribution < 1.29 is 31.1 Å². The Morgan fingerprint density at radius 1 is 1.29 bits per heavy atom. The highest BCUT2D eigenvalue weighted by Gasteiger charge is 2.33. The first-order valence-electron chi connectivity index (χ1n) is 6.15. The molecule has 1 saturated heterocycles. The Morgan fingerprint density at radius 2 is 1.90 bits per heavy atom. The molecule has 1 heterocycles. The van der Waals surface area contributed by atoms with Crippen LogP contribution in [0.1, 0.15) is 6.92 Å². The summed E-state index contributed by atoms with van der Waals surface area (Å²) in [5.41, 5.74) is 0. The first-order chi connectivity index (χ1) is 9.70. The average Bonchev–Trinajstić information content (AvgIpc) is 2.37. The molecule has 0 amide bonds. The molecule has 1 atom stereocenters. The van der Waals surface area contributed by atoms with E-state index in [0.717, 1.165) is 24.3 Å². The van der Waals surface area contributed by atoms with Gasteiger partial charge in [-0.2, -0.15) is 4.31 Å². The predicted octanol–water partition coefficient (Wildman–Crippen LogP) is 1.99. The molecule has 1 unspecified atom stereocenters. The summed E-state index contributed by atoms with van der Waals surface area (Å²) in [4.78, 5) is -0.0780. The summed E-state index contributed by atoms with van der Waals surface area (Å²) >= 11 is 0. The Bertz CT molecular complexity index is 586. The second kappa shape index (κ2) is 5.82. The highest BCUT2D eigenvalue weighted by Crippen LogP contribution is 2.26. The molecule has 0 N–H and O–H groups in total. The van der Waals surface area contributed by atoms with Crippen molar-refractivity contribution in [3.05, 3.63) is 24.3 Å². The number of sulfonamides is 1. The van der Waals surface area contributed by atoms with E-state index in [2.05, 4.69) is 4.74 Å². The van der Waals surface area contributed by atoms with E-state index < -0.39 is 22.1 Å². The van der Waals surface area contributed by atoms with Gasteiger partial charge in [-0.3, -0.25) is 0 Å². The molecule has 0 aromatic heterocycles. The second-order valence-corrected chi connectivity index (χ2v) is 6.45. The van der Waals surface area contributed by atoms with Gasteiger partial charge in [0.2, 0.25) is 10.0 Å². The van der Waals surface area contributed by atoms with Gasteiger partial charge in [0.15, 0.2) is 0 Å². The minimum absolute atomic E-state index is 0.0780. The largest absolute Gasteiger partial charge is 0.573 e. The van der Waals surface area contributed by atoms with Crippen LogP contribution in [-0.4, -0.2) is 44.9 Å². The number of halogens is 3. The van der Waals surface area contributed by atoms with E-state index in [-0.39, 0.29) is 24.1 Å². The van der Waals surface area contributed by atoms with E-state index in [1.807, 2.05) is 0 Å². The third-order valence-corrected chi connectivity index (χ3v) is 5.00. The Labute approximate surface area is 120 Å². The smallest absolute Gasteiger partial charge is 0.406 e. The third-order valence-electron chi connectivity index (χ3n) is 2.97. The molecule has 0 bridgehead atoms. The number of alkyl halides is 3. The van der Waals surface area contributed by atoms with E-state index in [1.54, 1.807) is 6.92 Å². The molecule has 1 fully saturated rings. The topological polar surface area (TPSA) is 55.8 Å². The van der Waals surface area contributed by atoms with Crippen LogP contribution in [0.25, 0.3) is 0 Å². The summed E-state index contributed by atoms with van der Waals surface area (Å²) in [5.74, 6) is -0.462. The van der Waals surface area contributed by atoms with Gasteiger partial charge >= 0.3 is 6.36 Å². The maximum absolute atomic E-state index is 12.4. The molecule has 1 aliphatic rings. The molecule has 1 aromatic carbocycles. The van der Waals surface area contributed by atoms with Crippen LogP contribution >= 0.6 is 0 Å². The van der Waals surface area contributed by atoms with Crippen molar-refractivity contribution in [3.63, 3.8) is 0 Å². The molecule has 5 nitrogen and oxygen atoms in total. The SMILES string of the molecule is CC1COCCN1S(=O)(=O)c1ccc(OC(F)(F)F)cc1. The lowest BCUT2D eigenvalue weighted by atomic mass is 10.3. The van der Waals surface area contributed by atoms with Gasteiger partial charge in [-0.25, -0.2) is 8.42 Å². The maximum Gasteiger partial charge on any atom is 0.573 e. The first-order valence-corrected chi connectivity index (χ1v) is 7.59. The molecule has 118 valence electrons. The monoisotopic (exact) mass is 325 g/mol. The maximum atomic E-state index is 12.4. The standard InChI is InChI=1S/C12H14F3NO4S/c1-9-8-19-7-6-16(9)21(17,18)11-4-2-10(3-5-11)20-12(13,14)15/h2-5,9H,6-8H2,1H3. The molecule has 0 spiro atoms. The number of morpholine rings is 1. The zero-order valence-electron chi connectivity index (χ0n) is 11.1. The molecule has 0 radical (unpaired) electrons. The van der Waals surface area contributed by atoms with Gasteiger partial charge in [0.05, 0.1) is 18.1 Å². The van der Waals surface area contributed by atoms with Crippen molar-refractivity contribution in [2.24, 2.45) is 0 Å². The number of ether oxygens (including phenoxy) is 2. The van der Waals surface area contributed by atoms with Crippen LogP contribution in [0.3, 0.4) is 0 Å². The van der Waals surface area contributed by atoms with Crippen molar-refractivity contribution in [1.29, 1.82) is 0 Å². The molecular weight excluding hydrogens is 311 g/mol. The van der Waals surface area contributed by atoms with Gasteiger partial charge in [0.1, 0.15) is 5.75 Å². The van der Waals surface area contributed by atoms with Crippen LogP contribution in [0.5, 0.6) is 5.75 Å². The molecule has 0 saturated carbocycles. The number of nitrogens with zero attached hydrogens (tertiary/aromatic N) is 1. The van der Waals surface area contributed by atoms with Crippen molar-refractivity contribution in [2.45, 2.75) is 24.2 Å². The fourth-order valence-corrected chi connectivity index (χ4v) is 3.62. The summed E-state index contributed by atoms with van der Waals surface area (Å²) in [6.45, 7) is 2.50. The van der Waals surface area contributed by atoms with Crippen molar-refractivity contribution in [1.82, 2.24) is 4.31 Å². The van der Waals surface area contributed by atoms with Gasteiger partial charge in [-0.05, 0) is 31.2 Å². The highest BCUT2D eigenvalue weighted by atomic mass is 32.2. The van der Waals surface area contributed by atoms with Crippen LogP contribution in [0.2, 0.25) is 0 Å². The summed E-state index contributed by atoms with van der Waals surface area (Å²) in [6, 6.07) is 3.82. The highest BCUT2D eigenvalue weighted by molar-refractivity contribution is 7.89. The van der Waals surface area contributed by atoms with E-state index in [4.69, 9.17) is 4.74 Å². The quantitative estimate of drug-likeness (QED) is 0.853. The Morgan fingerprint density at radius 3 is 2.43 bits per heavy atom. The fraction of sp³-hybridized carbons (Fsp3) is 0.500. The average molecular weight is 325 g/mol. The minimum atomic E-state index is -4.81. The van der Waals surface area contributed by atoms with E-state index in [0.29, 0.717) is 6.61 Å². The van der Waals surface area contributed by atoms with Crippen LogP contribution in [0.4, 0.5) is 13.2 Å². The molecule has 1 aliphatic heterocycles. The summed E-state index contributed by atoms with van der Waals surface area (Å²) in [5, 5.41) is 0. The predicted molar refractivity (Wildman–Crippen MR) is 67.3 cm³/mol. The summed E-state index contributed by atoms with van der Waals surface area (Å²) in [6.07, 6.45) is -4.81. The number of hydrogen-bond acceptors (Lipinski definition) is 4. The zero-order valence-corrected chi connectivity index (χ0v) is 11.9. The lowest BCUT2D eigenvalue weighted by molar-refractivity contribution is -0.274. The van der Waals surface area contributed by atoms with Crippen LogP contribution < -0.4 is 4.74 Å². The molecule has 21 heavy (non-hydrogen) atoms. The Kier molecular flexibility index (Phi) is 4.45. The van der Waals surface area contributed by atoms with Crippen LogP contribution in [0.15, 0.2) is 29.2 Å². The zero-order chi connectivity index (χ0) is 15.7. The van der Waals surface area contributed by atoms with Crippen LogP contribution in [-0.2, 0) is 14.8 Å². The summed E-state index contributed by atoms with van der Waals surface area (Å²) < 4.78 is 71.1. The minimum Gasteiger partial charge on any atom is -0.406 e. The lowest BCUT2D eigenvalue weighted by Gasteiger charge is -2.32. The molecule has 2 rings (SSSR count). The van der Waals surface area contributed by atoms with E-state index >= 15 is 0 Å². The van der Waals surface area contributed by atoms with E-state index in [9.17, 15) is 21.6 Å². The molecular formula is C12H14F3NO4S. The van der Waals surface area contributed by atoms with Crippen molar-refractivity contribution >= 4 is 10.0 Å². The third kappa shape index (κ3) is 3.86. The van der Waals surface area contributed by atoms with Gasteiger partial charge in [-0.1, -0.05) is 0 Å². The van der Waals surface area contributed by atoms with Crippen molar-refractivity contribution in [2.75, 3.05) is 19.8 Å². The summed E-state index contributed by atoms with van der Waals surface area (Å²) in [7, 11) is -3.76. The fourth-order valence-electron chi connectivity index (χ4n) is 2.02. The Balaban J connectivity index is 2.21. The van der Waals surface area contributed by atoms with Gasteiger partial charge < -0.3 is 9.47 Å². The van der Waals surface area contributed by atoms with E-state index in [1.165, 1.54) is 4.31 Å². The molecule has 9 heteroatoms. The number of rotatable bonds is 3. The number of hydrogen-bond donors (Lipinski definition) is 0. The second-order valence-electron chi connectivity index (χ2n) is 4.56. The van der Waals surface area contributed by atoms with Crippen molar-refractivity contribution in [3.8, 4) is 5.75 Å². The van der Waals surface area contributed by atoms with Gasteiger partial charge in [0, 0.05) is 12.6 Å². The van der Waals surface area contributed by atoms with Gasteiger partial charge in [-0.15, -0.1) is 13.2 Å². The Hall–Kier alpha value is -1.32. The first kappa shape index (κ1) is 16.1. The normalized spacial score (nSPS) is 21.2. The number of benzene rings is 1. The lowest BCUT2D eigenvalue weighted by Crippen LogP contribution is -2.46. The molecule has 0 aliphatic carbocycles. The van der Waals surface area contributed by atoms with Gasteiger partial charge in [0.25, 0.3) is 0 Å².